The van der Waals surface area contributed by atoms with Crippen LogP contribution in [0.15, 0.2) is 23.0 Å². The molecule has 0 N–H and O–H groups in total. The molecule has 0 amide bonds. The van der Waals surface area contributed by atoms with Crippen LogP contribution in [0, 0.1) is 17.2 Å². The van der Waals surface area contributed by atoms with Crippen molar-refractivity contribution in [1.29, 1.82) is 5.26 Å². The summed E-state index contributed by atoms with van der Waals surface area (Å²) in [7, 11) is 0. The van der Waals surface area contributed by atoms with Crippen LogP contribution in [0.5, 0.6) is 0 Å². The highest BCUT2D eigenvalue weighted by molar-refractivity contribution is 5.15. The van der Waals surface area contributed by atoms with Crippen LogP contribution in [0.2, 0.25) is 0 Å². The lowest BCUT2D eigenvalue weighted by atomic mass is 9.84. The van der Waals surface area contributed by atoms with Crippen molar-refractivity contribution < 1.29 is 4.42 Å². The second-order valence-corrected chi connectivity index (χ2v) is 3.79. The predicted octanol–water partition coefficient (Wildman–Crippen LogP) is 3.71. The monoisotopic (exact) mass is 191 g/mol. The van der Waals surface area contributed by atoms with Gasteiger partial charge in [-0.15, -0.1) is 0 Å². The molecule has 0 aliphatic carbocycles. The first-order valence-corrected chi connectivity index (χ1v) is 5.18. The summed E-state index contributed by atoms with van der Waals surface area (Å²) in [4.78, 5) is 0. The highest BCUT2D eigenvalue weighted by Crippen LogP contribution is 2.30. The van der Waals surface area contributed by atoms with E-state index < -0.39 is 0 Å². The van der Waals surface area contributed by atoms with Crippen LogP contribution in [0.25, 0.3) is 0 Å². The highest BCUT2D eigenvalue weighted by Gasteiger charge is 2.19. The minimum absolute atomic E-state index is 0.332. The van der Waals surface area contributed by atoms with Crippen LogP contribution in [-0.4, -0.2) is 0 Å². The Morgan fingerprint density at radius 3 is 2.86 bits per heavy atom. The summed E-state index contributed by atoms with van der Waals surface area (Å²) >= 11 is 0. The Morgan fingerprint density at radius 2 is 2.36 bits per heavy atom. The molecule has 1 aromatic rings. The molecule has 0 radical (unpaired) electrons. The maximum absolute atomic E-state index is 8.77. The molecule has 0 aliphatic rings. The molecule has 1 aromatic heterocycles. The van der Waals surface area contributed by atoms with Crippen molar-refractivity contribution in [3.05, 3.63) is 24.2 Å². The summed E-state index contributed by atoms with van der Waals surface area (Å²) in [6, 6.07) is 4.22. The second kappa shape index (κ2) is 5.49. The van der Waals surface area contributed by atoms with Gasteiger partial charge in [-0.1, -0.05) is 26.7 Å². The van der Waals surface area contributed by atoms with Crippen LogP contribution >= 0.6 is 0 Å². The lowest BCUT2D eigenvalue weighted by molar-refractivity contribution is 0.424. The first-order valence-electron chi connectivity index (χ1n) is 5.18. The summed E-state index contributed by atoms with van der Waals surface area (Å²) in [6.07, 6.45) is 6.35. The lowest BCUT2D eigenvalue weighted by Crippen LogP contribution is -2.08. The number of furan rings is 1. The van der Waals surface area contributed by atoms with Gasteiger partial charge in [-0.25, -0.2) is 0 Å². The topological polar surface area (TPSA) is 36.9 Å². The molecule has 0 aliphatic heterocycles. The Morgan fingerprint density at radius 1 is 1.57 bits per heavy atom. The van der Waals surface area contributed by atoms with E-state index in [4.69, 9.17) is 9.68 Å². The van der Waals surface area contributed by atoms with Gasteiger partial charge in [0.25, 0.3) is 0 Å². The molecule has 2 nitrogen and oxygen atoms in total. The van der Waals surface area contributed by atoms with Gasteiger partial charge >= 0.3 is 0 Å². The van der Waals surface area contributed by atoms with E-state index in [0.29, 0.717) is 18.3 Å². The average Bonchev–Trinajstić information content (AvgIpc) is 2.67. The molecule has 0 saturated heterocycles. The van der Waals surface area contributed by atoms with E-state index in [1.54, 1.807) is 12.5 Å². The van der Waals surface area contributed by atoms with Crippen molar-refractivity contribution in [2.45, 2.75) is 39.0 Å². The molecular weight excluding hydrogens is 174 g/mol. The van der Waals surface area contributed by atoms with E-state index in [1.165, 1.54) is 6.42 Å². The van der Waals surface area contributed by atoms with E-state index in [9.17, 15) is 0 Å². The summed E-state index contributed by atoms with van der Waals surface area (Å²) < 4.78 is 5.06. The summed E-state index contributed by atoms with van der Waals surface area (Å²) in [5.41, 5.74) is 1.16. The fourth-order valence-corrected chi connectivity index (χ4v) is 1.89. The van der Waals surface area contributed by atoms with Crippen LogP contribution in [-0.2, 0) is 0 Å². The summed E-state index contributed by atoms with van der Waals surface area (Å²) in [5, 5.41) is 8.77. The number of nitrogens with zero attached hydrogens (tertiary/aromatic N) is 1. The zero-order chi connectivity index (χ0) is 10.4. The third-order valence-corrected chi connectivity index (χ3v) is 2.71. The first-order chi connectivity index (χ1) is 6.79. The largest absolute Gasteiger partial charge is 0.472 e. The van der Waals surface area contributed by atoms with Gasteiger partial charge in [-0.3, -0.25) is 0 Å². The quantitative estimate of drug-likeness (QED) is 0.711. The van der Waals surface area contributed by atoms with Gasteiger partial charge < -0.3 is 4.42 Å². The average molecular weight is 191 g/mol. The van der Waals surface area contributed by atoms with Gasteiger partial charge in [0.15, 0.2) is 0 Å². The van der Waals surface area contributed by atoms with Crippen molar-refractivity contribution in [2.24, 2.45) is 5.92 Å². The first kappa shape index (κ1) is 10.8. The molecule has 0 aromatic carbocycles. The molecule has 2 atom stereocenters. The van der Waals surface area contributed by atoms with E-state index in [1.807, 2.05) is 6.07 Å². The molecule has 1 heterocycles. The number of hydrogen-bond acceptors (Lipinski definition) is 2. The molecule has 0 fully saturated rings. The molecule has 2 heteroatoms. The van der Waals surface area contributed by atoms with Crippen LogP contribution in [0.3, 0.4) is 0 Å². The minimum atomic E-state index is 0.332. The summed E-state index contributed by atoms with van der Waals surface area (Å²) in [6.45, 7) is 4.38. The Hall–Kier alpha value is -1.23. The third kappa shape index (κ3) is 2.63. The van der Waals surface area contributed by atoms with Gasteiger partial charge in [-0.2, -0.15) is 5.26 Å². The lowest BCUT2D eigenvalue weighted by Gasteiger charge is -2.19. The normalized spacial score (nSPS) is 14.6. The van der Waals surface area contributed by atoms with Crippen LogP contribution in [0.4, 0.5) is 0 Å². The molecule has 2 unspecified atom stereocenters. The van der Waals surface area contributed by atoms with Gasteiger partial charge in [0.1, 0.15) is 0 Å². The van der Waals surface area contributed by atoms with Gasteiger partial charge in [0.2, 0.25) is 0 Å². The van der Waals surface area contributed by atoms with Gasteiger partial charge in [0, 0.05) is 12.3 Å². The maximum Gasteiger partial charge on any atom is 0.0937 e. The van der Waals surface area contributed by atoms with E-state index in [2.05, 4.69) is 19.9 Å². The molecular formula is C12H17NO. The van der Waals surface area contributed by atoms with E-state index >= 15 is 0 Å². The Labute approximate surface area is 85.5 Å². The number of rotatable bonds is 5. The van der Waals surface area contributed by atoms with Crippen molar-refractivity contribution in [1.82, 2.24) is 0 Å². The zero-order valence-electron chi connectivity index (χ0n) is 8.86. The van der Waals surface area contributed by atoms with Gasteiger partial charge in [0.05, 0.1) is 18.6 Å². The van der Waals surface area contributed by atoms with Crippen LogP contribution in [0.1, 0.15) is 44.6 Å². The smallest absolute Gasteiger partial charge is 0.0937 e. The SMILES string of the molecule is CCCC(C)C(CC#N)c1ccoc1. The standard InChI is InChI=1S/C12H17NO/c1-3-4-10(2)12(5-7-13)11-6-8-14-9-11/h6,8-10,12H,3-5H2,1-2H3. The number of hydrogen-bond donors (Lipinski definition) is 0. The molecule has 14 heavy (non-hydrogen) atoms. The van der Waals surface area contributed by atoms with Gasteiger partial charge in [-0.05, 0) is 17.5 Å². The molecule has 0 spiro atoms. The molecule has 1 rings (SSSR count). The second-order valence-electron chi connectivity index (χ2n) is 3.79. The Bertz CT molecular complexity index is 284. The minimum Gasteiger partial charge on any atom is -0.472 e. The molecule has 0 saturated carbocycles. The van der Waals surface area contributed by atoms with E-state index in [-0.39, 0.29) is 0 Å². The Kier molecular flexibility index (Phi) is 4.25. The fraction of sp³-hybridized carbons (Fsp3) is 0.583. The van der Waals surface area contributed by atoms with Crippen molar-refractivity contribution in [3.63, 3.8) is 0 Å². The fourth-order valence-electron chi connectivity index (χ4n) is 1.89. The summed E-state index contributed by atoms with van der Waals surface area (Å²) in [5.74, 6) is 0.885. The van der Waals surface area contributed by atoms with Crippen LogP contribution < -0.4 is 0 Å². The highest BCUT2D eigenvalue weighted by atomic mass is 16.3. The van der Waals surface area contributed by atoms with Crippen molar-refractivity contribution >= 4 is 0 Å². The third-order valence-electron chi connectivity index (χ3n) is 2.71. The number of nitriles is 1. The van der Waals surface area contributed by atoms with E-state index in [0.717, 1.165) is 12.0 Å². The molecule has 0 bridgehead atoms. The van der Waals surface area contributed by atoms with Crippen molar-refractivity contribution in [3.8, 4) is 6.07 Å². The zero-order valence-corrected chi connectivity index (χ0v) is 8.86. The predicted molar refractivity (Wildman–Crippen MR) is 55.8 cm³/mol. The maximum atomic E-state index is 8.77. The Balaban J connectivity index is 2.70. The molecule has 76 valence electrons. The van der Waals surface area contributed by atoms with Crippen molar-refractivity contribution in [2.75, 3.05) is 0 Å².